The Morgan fingerprint density at radius 1 is 1.50 bits per heavy atom. The molecule has 0 bridgehead atoms. The number of hydrogen-bond donors (Lipinski definition) is 0. The molecular weight excluding hydrogens is 325 g/mol. The van der Waals surface area contributed by atoms with Crippen molar-refractivity contribution in [3.8, 4) is 6.07 Å². The number of aryl methyl sites for hydroxylation is 1. The van der Waals surface area contributed by atoms with Crippen LogP contribution in [0, 0.1) is 11.3 Å². The zero-order chi connectivity index (χ0) is 17.1. The van der Waals surface area contributed by atoms with Gasteiger partial charge in [0.25, 0.3) is 0 Å². The van der Waals surface area contributed by atoms with Gasteiger partial charge in [0.05, 0.1) is 6.20 Å². The van der Waals surface area contributed by atoms with E-state index in [-0.39, 0.29) is 6.04 Å². The molecule has 1 fully saturated rings. The van der Waals surface area contributed by atoms with Crippen molar-refractivity contribution in [2.45, 2.75) is 31.7 Å². The van der Waals surface area contributed by atoms with Gasteiger partial charge in [0, 0.05) is 55.9 Å². The molecule has 0 radical (unpaired) electrons. The van der Waals surface area contributed by atoms with Gasteiger partial charge in [0.2, 0.25) is 0 Å². The Labute approximate surface area is 145 Å². The third-order valence-electron chi connectivity index (χ3n) is 4.34. The highest BCUT2D eigenvalue weighted by Crippen LogP contribution is 2.24. The number of rotatable bonds is 6. The monoisotopic (exact) mass is 347 g/mol. The summed E-state index contributed by atoms with van der Waals surface area (Å²) in [5.74, 6) is 0. The molecule has 0 unspecified atom stereocenters. The zero-order valence-corrected chi connectivity index (χ0v) is 14.8. The molecule has 0 amide bonds. The molecule has 24 heavy (non-hydrogen) atoms. The van der Waals surface area contributed by atoms with E-state index < -0.39 is 6.17 Å². The van der Waals surface area contributed by atoms with Crippen molar-refractivity contribution < 1.29 is 4.39 Å². The van der Waals surface area contributed by atoms with E-state index >= 15 is 0 Å². The van der Waals surface area contributed by atoms with Crippen LogP contribution in [0.25, 0.3) is 0 Å². The lowest BCUT2D eigenvalue weighted by Crippen LogP contribution is -2.38. The summed E-state index contributed by atoms with van der Waals surface area (Å²) in [6, 6.07) is 6.24. The highest BCUT2D eigenvalue weighted by molar-refractivity contribution is 7.12. The van der Waals surface area contributed by atoms with E-state index in [1.54, 1.807) is 4.68 Å². The van der Waals surface area contributed by atoms with Gasteiger partial charge < -0.3 is 0 Å². The number of alkyl halides is 1. The lowest BCUT2D eigenvalue weighted by Gasteiger charge is -2.27. The van der Waals surface area contributed by atoms with Gasteiger partial charge in [-0.2, -0.15) is 10.4 Å². The van der Waals surface area contributed by atoms with Gasteiger partial charge in [0.1, 0.15) is 17.1 Å². The lowest BCUT2D eigenvalue weighted by molar-refractivity contribution is 0.181. The molecule has 2 atom stereocenters. The third kappa shape index (κ3) is 4.20. The minimum absolute atomic E-state index is 0.209. The van der Waals surface area contributed by atoms with E-state index in [1.165, 1.54) is 16.2 Å². The normalized spacial score (nSPS) is 21.5. The number of thiophene rings is 1. The standard InChI is InChI=1S/C17H22FN5S/c1-21(12-17-4-3-16(6-19)24-17)11-15-5-14(18)10-23(15)9-13-7-20-22(2)8-13/h3-4,7-8,14-15H,5,9-12H2,1-2H3/t14-,15-/m0/s1. The Morgan fingerprint density at radius 3 is 3.00 bits per heavy atom. The summed E-state index contributed by atoms with van der Waals surface area (Å²) in [5.41, 5.74) is 1.12. The lowest BCUT2D eigenvalue weighted by atomic mass is 10.2. The van der Waals surface area contributed by atoms with Crippen molar-refractivity contribution in [3.05, 3.63) is 39.8 Å². The van der Waals surface area contributed by atoms with Crippen LogP contribution < -0.4 is 0 Å². The van der Waals surface area contributed by atoms with Crippen molar-refractivity contribution in [2.75, 3.05) is 20.1 Å². The van der Waals surface area contributed by atoms with Crippen molar-refractivity contribution >= 4 is 11.3 Å². The number of halogens is 1. The Morgan fingerprint density at radius 2 is 2.33 bits per heavy atom. The summed E-state index contributed by atoms with van der Waals surface area (Å²) in [5, 5.41) is 13.1. The van der Waals surface area contributed by atoms with Gasteiger partial charge in [-0.05, 0) is 25.6 Å². The quantitative estimate of drug-likeness (QED) is 0.805. The average Bonchev–Trinajstić information content (AvgIpc) is 3.22. The first-order valence-electron chi connectivity index (χ1n) is 8.06. The van der Waals surface area contributed by atoms with Crippen LogP contribution in [0.4, 0.5) is 4.39 Å². The predicted molar refractivity (Wildman–Crippen MR) is 92.3 cm³/mol. The smallest absolute Gasteiger partial charge is 0.114 e. The maximum atomic E-state index is 13.9. The zero-order valence-electron chi connectivity index (χ0n) is 14.0. The predicted octanol–water partition coefficient (Wildman–Crippen LogP) is 2.40. The molecule has 0 N–H and O–H groups in total. The number of nitriles is 1. The first kappa shape index (κ1) is 17.1. The van der Waals surface area contributed by atoms with Crippen LogP contribution in [-0.2, 0) is 20.1 Å². The Bertz CT molecular complexity index is 719. The number of aromatic nitrogens is 2. The molecule has 0 saturated carbocycles. The van der Waals surface area contributed by atoms with E-state index in [4.69, 9.17) is 5.26 Å². The molecule has 0 spiro atoms. The first-order chi connectivity index (χ1) is 11.5. The fourth-order valence-electron chi connectivity index (χ4n) is 3.31. The molecule has 5 nitrogen and oxygen atoms in total. The second kappa shape index (κ2) is 7.43. The van der Waals surface area contributed by atoms with Crippen LogP contribution >= 0.6 is 11.3 Å². The number of likely N-dealkylation sites (tertiary alicyclic amines) is 1. The summed E-state index contributed by atoms with van der Waals surface area (Å²) < 4.78 is 15.7. The molecule has 1 aliphatic heterocycles. The molecule has 2 aromatic heterocycles. The van der Waals surface area contributed by atoms with Gasteiger partial charge in [-0.15, -0.1) is 11.3 Å². The molecule has 0 aliphatic carbocycles. The van der Waals surface area contributed by atoms with Crippen molar-refractivity contribution in [1.29, 1.82) is 5.26 Å². The van der Waals surface area contributed by atoms with Crippen LogP contribution in [0.2, 0.25) is 0 Å². The SMILES string of the molecule is CN(Cc1ccc(C#N)s1)C[C@@H]1C[C@H](F)CN1Cc1cnn(C)c1. The van der Waals surface area contributed by atoms with Gasteiger partial charge in [-0.1, -0.05) is 0 Å². The molecule has 3 heterocycles. The maximum Gasteiger partial charge on any atom is 0.114 e. The largest absolute Gasteiger partial charge is 0.300 e. The Balaban J connectivity index is 1.58. The summed E-state index contributed by atoms with van der Waals surface area (Å²) in [4.78, 5) is 6.34. The molecule has 3 rings (SSSR count). The summed E-state index contributed by atoms with van der Waals surface area (Å²) in [6.07, 6.45) is 3.66. The van der Waals surface area contributed by atoms with Crippen LogP contribution in [0.3, 0.4) is 0 Å². The average molecular weight is 347 g/mol. The van der Waals surface area contributed by atoms with Crippen LogP contribution in [-0.4, -0.2) is 51.9 Å². The number of nitrogens with zero attached hydrogens (tertiary/aromatic N) is 5. The van der Waals surface area contributed by atoms with Gasteiger partial charge >= 0.3 is 0 Å². The van der Waals surface area contributed by atoms with Crippen molar-refractivity contribution in [2.24, 2.45) is 7.05 Å². The topological polar surface area (TPSA) is 48.1 Å². The van der Waals surface area contributed by atoms with Gasteiger partial charge in [-0.25, -0.2) is 4.39 Å². The number of likely N-dealkylation sites (N-methyl/N-ethyl adjacent to an activating group) is 1. The Kier molecular flexibility index (Phi) is 5.29. The summed E-state index contributed by atoms with van der Waals surface area (Å²) >= 11 is 1.52. The third-order valence-corrected chi connectivity index (χ3v) is 5.32. The van der Waals surface area contributed by atoms with Crippen LogP contribution in [0.15, 0.2) is 24.5 Å². The van der Waals surface area contributed by atoms with E-state index in [2.05, 4.69) is 28.0 Å². The van der Waals surface area contributed by atoms with Gasteiger partial charge in [0.15, 0.2) is 0 Å². The molecule has 1 saturated heterocycles. The number of hydrogen-bond acceptors (Lipinski definition) is 5. The Hall–Kier alpha value is -1.75. The fourth-order valence-corrected chi connectivity index (χ4v) is 4.19. The second-order valence-corrected chi connectivity index (χ2v) is 7.68. The van der Waals surface area contributed by atoms with E-state index in [1.807, 2.05) is 31.6 Å². The molecule has 2 aromatic rings. The van der Waals surface area contributed by atoms with Crippen LogP contribution in [0.5, 0.6) is 0 Å². The summed E-state index contributed by atoms with van der Waals surface area (Å²) in [6.45, 7) is 2.84. The molecule has 1 aliphatic rings. The van der Waals surface area contributed by atoms with Crippen LogP contribution in [0.1, 0.15) is 21.7 Å². The molecule has 0 aromatic carbocycles. The van der Waals surface area contributed by atoms with Crippen molar-refractivity contribution in [3.63, 3.8) is 0 Å². The highest BCUT2D eigenvalue weighted by atomic mass is 32.1. The minimum atomic E-state index is -0.757. The maximum absolute atomic E-state index is 13.9. The molecular formula is C17H22FN5S. The van der Waals surface area contributed by atoms with E-state index in [9.17, 15) is 4.39 Å². The summed E-state index contributed by atoms with van der Waals surface area (Å²) in [7, 11) is 3.95. The highest BCUT2D eigenvalue weighted by Gasteiger charge is 2.32. The second-order valence-electron chi connectivity index (χ2n) is 6.51. The first-order valence-corrected chi connectivity index (χ1v) is 8.88. The van der Waals surface area contributed by atoms with Gasteiger partial charge in [-0.3, -0.25) is 14.5 Å². The molecule has 7 heteroatoms. The molecule has 128 valence electrons. The minimum Gasteiger partial charge on any atom is -0.300 e. The fraction of sp³-hybridized carbons (Fsp3) is 0.529. The van der Waals surface area contributed by atoms with Crippen molar-refractivity contribution in [1.82, 2.24) is 19.6 Å². The van der Waals surface area contributed by atoms with E-state index in [0.717, 1.165) is 30.1 Å². The van der Waals surface area contributed by atoms with E-state index in [0.29, 0.717) is 13.0 Å².